The molecule has 3 N–H and O–H groups in total. The standard InChI is InChI=1S/C16H16N4O3S/c1-9-7-11-14(17-9)15(22)20-16(19-11)24-8-13(21)18-10-5-3-4-6-12(10)23-2/h3-7,17H,8H2,1-2H3,(H,18,21)(H,19,20,22). The molecule has 3 aromatic rings. The van der Waals surface area contributed by atoms with Crippen molar-refractivity contribution >= 4 is 34.4 Å². The van der Waals surface area contributed by atoms with Crippen molar-refractivity contribution in [1.29, 1.82) is 0 Å². The van der Waals surface area contributed by atoms with E-state index in [-0.39, 0.29) is 17.2 Å². The zero-order chi connectivity index (χ0) is 17.1. The molecule has 2 heterocycles. The zero-order valence-corrected chi connectivity index (χ0v) is 14.0. The quantitative estimate of drug-likeness (QED) is 0.487. The van der Waals surface area contributed by atoms with Crippen LogP contribution < -0.4 is 15.6 Å². The van der Waals surface area contributed by atoms with Gasteiger partial charge < -0.3 is 15.0 Å². The van der Waals surface area contributed by atoms with Gasteiger partial charge in [-0.15, -0.1) is 0 Å². The Bertz CT molecular complexity index is 948. The molecule has 0 unspecified atom stereocenters. The van der Waals surface area contributed by atoms with Crippen molar-refractivity contribution in [2.75, 3.05) is 18.2 Å². The number of nitrogens with zero attached hydrogens (tertiary/aromatic N) is 1. The SMILES string of the molecule is COc1ccccc1NC(=O)CSc1nc2cc(C)[nH]c2c(=O)[nH]1. The number of carbonyl (C=O) groups is 1. The normalized spacial score (nSPS) is 10.8. The third-order valence-corrected chi connectivity index (χ3v) is 4.20. The Labute approximate surface area is 141 Å². The number of benzene rings is 1. The fourth-order valence-electron chi connectivity index (χ4n) is 2.27. The van der Waals surface area contributed by atoms with E-state index in [1.54, 1.807) is 25.3 Å². The molecule has 124 valence electrons. The minimum atomic E-state index is -0.249. The molecule has 7 nitrogen and oxygen atoms in total. The van der Waals surface area contributed by atoms with Crippen LogP contribution in [0.5, 0.6) is 5.75 Å². The number of aromatic amines is 2. The van der Waals surface area contributed by atoms with Gasteiger partial charge in [0.25, 0.3) is 5.56 Å². The van der Waals surface area contributed by atoms with E-state index in [2.05, 4.69) is 20.3 Å². The van der Waals surface area contributed by atoms with E-state index in [9.17, 15) is 9.59 Å². The summed E-state index contributed by atoms with van der Waals surface area (Å²) >= 11 is 1.17. The number of aryl methyl sites for hydroxylation is 1. The van der Waals surface area contributed by atoms with Crippen molar-refractivity contribution in [3.05, 3.63) is 46.4 Å². The molecule has 0 saturated carbocycles. The van der Waals surface area contributed by atoms with Gasteiger partial charge in [0, 0.05) is 5.69 Å². The third kappa shape index (κ3) is 3.43. The molecule has 0 aliphatic heterocycles. The van der Waals surface area contributed by atoms with Gasteiger partial charge in [0.05, 0.1) is 24.1 Å². The van der Waals surface area contributed by atoms with Crippen molar-refractivity contribution in [3.63, 3.8) is 0 Å². The second-order valence-corrected chi connectivity index (χ2v) is 6.08. The summed E-state index contributed by atoms with van der Waals surface area (Å²) in [7, 11) is 1.54. The first-order valence-electron chi connectivity index (χ1n) is 7.22. The Balaban J connectivity index is 1.69. The average molecular weight is 344 g/mol. The molecule has 0 aliphatic carbocycles. The Morgan fingerprint density at radius 2 is 2.12 bits per heavy atom. The van der Waals surface area contributed by atoms with E-state index >= 15 is 0 Å². The van der Waals surface area contributed by atoms with Crippen molar-refractivity contribution in [2.45, 2.75) is 12.1 Å². The maximum atomic E-state index is 12.1. The first-order valence-corrected chi connectivity index (χ1v) is 8.20. The molecular weight excluding hydrogens is 328 g/mol. The van der Waals surface area contributed by atoms with Crippen LogP contribution in [0, 0.1) is 6.92 Å². The monoisotopic (exact) mass is 344 g/mol. The van der Waals surface area contributed by atoms with Gasteiger partial charge in [-0.3, -0.25) is 14.6 Å². The number of methoxy groups -OCH3 is 1. The van der Waals surface area contributed by atoms with Gasteiger partial charge in [-0.2, -0.15) is 0 Å². The van der Waals surface area contributed by atoms with Gasteiger partial charge in [-0.05, 0) is 25.1 Å². The topological polar surface area (TPSA) is 99.9 Å². The number of carbonyl (C=O) groups excluding carboxylic acids is 1. The van der Waals surface area contributed by atoms with E-state index in [1.165, 1.54) is 11.8 Å². The minimum absolute atomic E-state index is 0.121. The summed E-state index contributed by atoms with van der Waals surface area (Å²) in [6, 6.07) is 8.96. The van der Waals surface area contributed by atoms with Crippen molar-refractivity contribution < 1.29 is 9.53 Å². The number of thioether (sulfide) groups is 1. The number of anilines is 1. The lowest BCUT2D eigenvalue weighted by atomic mass is 10.3. The fraction of sp³-hybridized carbons (Fsp3) is 0.188. The molecule has 2 aromatic heterocycles. The number of hydrogen-bond acceptors (Lipinski definition) is 5. The molecule has 0 radical (unpaired) electrons. The Morgan fingerprint density at radius 3 is 2.92 bits per heavy atom. The van der Waals surface area contributed by atoms with Crippen LogP contribution in [-0.4, -0.2) is 33.7 Å². The summed E-state index contributed by atoms with van der Waals surface area (Å²) in [5, 5.41) is 3.18. The molecular formula is C16H16N4O3S. The summed E-state index contributed by atoms with van der Waals surface area (Å²) in [6.45, 7) is 1.86. The lowest BCUT2D eigenvalue weighted by Crippen LogP contribution is -2.16. The second-order valence-electron chi connectivity index (χ2n) is 5.12. The summed E-state index contributed by atoms with van der Waals surface area (Å²) < 4.78 is 5.19. The van der Waals surface area contributed by atoms with Crippen LogP contribution >= 0.6 is 11.8 Å². The predicted molar refractivity (Wildman–Crippen MR) is 93.8 cm³/mol. The van der Waals surface area contributed by atoms with Crippen molar-refractivity contribution in [3.8, 4) is 5.75 Å². The van der Waals surface area contributed by atoms with E-state index in [1.807, 2.05) is 19.1 Å². The van der Waals surface area contributed by atoms with E-state index in [0.717, 1.165) is 5.69 Å². The predicted octanol–water partition coefficient (Wildman–Crippen LogP) is 2.30. The highest BCUT2D eigenvalue weighted by Crippen LogP contribution is 2.23. The number of ether oxygens (including phenoxy) is 1. The third-order valence-electron chi connectivity index (χ3n) is 3.32. The summed E-state index contributed by atoms with van der Waals surface area (Å²) in [4.78, 5) is 34.0. The molecule has 1 amide bonds. The molecule has 24 heavy (non-hydrogen) atoms. The van der Waals surface area contributed by atoms with Crippen LogP contribution in [0.3, 0.4) is 0 Å². The van der Waals surface area contributed by atoms with Crippen LogP contribution in [0.25, 0.3) is 11.0 Å². The van der Waals surface area contributed by atoms with E-state index in [0.29, 0.717) is 27.6 Å². The van der Waals surface area contributed by atoms with Crippen LogP contribution in [0.15, 0.2) is 40.3 Å². The number of para-hydroxylation sites is 2. The van der Waals surface area contributed by atoms with Crippen LogP contribution in [0.4, 0.5) is 5.69 Å². The maximum absolute atomic E-state index is 12.1. The first-order chi connectivity index (χ1) is 11.6. The van der Waals surface area contributed by atoms with Crippen LogP contribution in [-0.2, 0) is 4.79 Å². The van der Waals surface area contributed by atoms with E-state index < -0.39 is 0 Å². The number of rotatable bonds is 5. The maximum Gasteiger partial charge on any atom is 0.275 e. The molecule has 0 fully saturated rings. The molecule has 0 aliphatic rings. The second kappa shape index (κ2) is 6.79. The summed E-state index contributed by atoms with van der Waals surface area (Å²) in [5.74, 6) is 0.500. The number of H-pyrrole nitrogens is 2. The Hall–Kier alpha value is -2.74. The average Bonchev–Trinajstić information content (AvgIpc) is 2.94. The van der Waals surface area contributed by atoms with Crippen molar-refractivity contribution in [1.82, 2.24) is 15.0 Å². The number of aromatic nitrogens is 3. The Kier molecular flexibility index (Phi) is 4.57. The first kappa shape index (κ1) is 16.1. The van der Waals surface area contributed by atoms with Gasteiger partial charge in [0.2, 0.25) is 5.91 Å². The zero-order valence-electron chi connectivity index (χ0n) is 13.2. The van der Waals surface area contributed by atoms with Crippen LogP contribution in [0.1, 0.15) is 5.69 Å². The molecule has 0 spiro atoms. The number of nitrogens with one attached hydrogen (secondary N) is 3. The largest absolute Gasteiger partial charge is 0.495 e. The van der Waals surface area contributed by atoms with Crippen LogP contribution in [0.2, 0.25) is 0 Å². The number of hydrogen-bond donors (Lipinski definition) is 3. The molecule has 8 heteroatoms. The number of amides is 1. The highest BCUT2D eigenvalue weighted by Gasteiger charge is 2.10. The van der Waals surface area contributed by atoms with Gasteiger partial charge in [-0.1, -0.05) is 23.9 Å². The molecule has 0 saturated heterocycles. The number of fused-ring (bicyclic) bond motifs is 1. The lowest BCUT2D eigenvalue weighted by Gasteiger charge is -2.09. The smallest absolute Gasteiger partial charge is 0.275 e. The highest BCUT2D eigenvalue weighted by molar-refractivity contribution is 7.99. The summed E-state index contributed by atoms with van der Waals surface area (Å²) in [5.41, 5.74) is 2.24. The molecule has 1 aromatic carbocycles. The fourth-order valence-corrected chi connectivity index (χ4v) is 2.94. The van der Waals surface area contributed by atoms with Gasteiger partial charge in [0.15, 0.2) is 5.16 Å². The molecule has 3 rings (SSSR count). The molecule has 0 atom stereocenters. The highest BCUT2D eigenvalue weighted by atomic mass is 32.2. The Morgan fingerprint density at radius 1 is 1.33 bits per heavy atom. The molecule has 0 bridgehead atoms. The lowest BCUT2D eigenvalue weighted by molar-refractivity contribution is -0.113. The van der Waals surface area contributed by atoms with Gasteiger partial charge >= 0.3 is 0 Å². The van der Waals surface area contributed by atoms with Crippen molar-refractivity contribution in [2.24, 2.45) is 0 Å². The summed E-state index contributed by atoms with van der Waals surface area (Å²) in [6.07, 6.45) is 0. The van der Waals surface area contributed by atoms with E-state index in [4.69, 9.17) is 4.74 Å². The minimum Gasteiger partial charge on any atom is -0.495 e. The van der Waals surface area contributed by atoms with Gasteiger partial charge in [0.1, 0.15) is 11.3 Å². The van der Waals surface area contributed by atoms with Gasteiger partial charge in [-0.25, -0.2) is 4.98 Å².